The number of carbonyl (C=O) groups is 3. The van der Waals surface area contributed by atoms with Crippen LogP contribution < -0.4 is 0 Å². The maximum absolute atomic E-state index is 11.5. The highest BCUT2D eigenvalue weighted by Crippen LogP contribution is 2.21. The van der Waals surface area contributed by atoms with Crippen LogP contribution in [-0.2, 0) is 23.9 Å². The highest BCUT2D eigenvalue weighted by atomic mass is 16.5. The van der Waals surface area contributed by atoms with Gasteiger partial charge in [-0.1, -0.05) is 12.2 Å². The number of rotatable bonds is 7. The first kappa shape index (κ1) is 15.9. The van der Waals surface area contributed by atoms with Crippen LogP contribution in [0.2, 0.25) is 0 Å². The summed E-state index contributed by atoms with van der Waals surface area (Å²) < 4.78 is 9.05. The zero-order chi connectivity index (χ0) is 14.1. The molecular weight excluding hydrogens is 240 g/mol. The molecule has 0 aromatic carbocycles. The zero-order valence-electron chi connectivity index (χ0n) is 10.3. The summed E-state index contributed by atoms with van der Waals surface area (Å²) in [5.41, 5.74) is 0. The molecule has 0 rings (SSSR count). The first-order chi connectivity index (χ1) is 8.46. The van der Waals surface area contributed by atoms with E-state index in [1.165, 1.54) is 26.4 Å². The van der Waals surface area contributed by atoms with E-state index >= 15 is 0 Å². The van der Waals surface area contributed by atoms with E-state index in [1.54, 1.807) is 0 Å². The molecule has 0 fully saturated rings. The van der Waals surface area contributed by atoms with Crippen molar-refractivity contribution in [1.29, 1.82) is 0 Å². The van der Waals surface area contributed by atoms with Gasteiger partial charge in [0.15, 0.2) is 0 Å². The Balaban J connectivity index is 5.00. The number of esters is 2. The van der Waals surface area contributed by atoms with Crippen LogP contribution in [0.5, 0.6) is 0 Å². The molecule has 0 aliphatic heterocycles. The third kappa shape index (κ3) is 5.29. The van der Waals surface area contributed by atoms with Gasteiger partial charge in [-0.05, 0) is 0 Å². The molecule has 0 bridgehead atoms. The lowest BCUT2D eigenvalue weighted by molar-refractivity contribution is -0.152. The van der Waals surface area contributed by atoms with Gasteiger partial charge in [0.2, 0.25) is 0 Å². The zero-order valence-corrected chi connectivity index (χ0v) is 10.3. The van der Waals surface area contributed by atoms with Crippen molar-refractivity contribution in [2.24, 2.45) is 11.8 Å². The lowest BCUT2D eigenvalue weighted by Gasteiger charge is -2.18. The maximum Gasteiger partial charge on any atom is 0.327 e. The molecule has 0 heterocycles. The molecule has 0 aromatic rings. The largest absolute Gasteiger partial charge is 0.478 e. The maximum atomic E-state index is 11.5. The number of carboxylic acid groups (broad SMARTS) is 1. The van der Waals surface area contributed by atoms with Gasteiger partial charge in [-0.25, -0.2) is 4.79 Å². The molecular formula is C12H16O6. The second kappa shape index (κ2) is 8.05. The van der Waals surface area contributed by atoms with Crippen molar-refractivity contribution >= 4 is 17.9 Å². The van der Waals surface area contributed by atoms with Crippen molar-refractivity contribution in [3.8, 4) is 0 Å². The number of ether oxygens (including phenoxy) is 2. The minimum absolute atomic E-state index is 0.205. The smallest absolute Gasteiger partial charge is 0.327 e. The van der Waals surface area contributed by atoms with Gasteiger partial charge in [0.05, 0.1) is 26.6 Å². The molecule has 6 nitrogen and oxygen atoms in total. The fourth-order valence-corrected chi connectivity index (χ4v) is 1.36. The molecule has 2 atom stereocenters. The summed E-state index contributed by atoms with van der Waals surface area (Å²) in [5, 5.41) is 8.53. The van der Waals surface area contributed by atoms with E-state index in [0.29, 0.717) is 0 Å². The topological polar surface area (TPSA) is 89.9 Å². The van der Waals surface area contributed by atoms with Crippen molar-refractivity contribution in [3.63, 3.8) is 0 Å². The molecule has 2 unspecified atom stereocenters. The SMILES string of the molecule is C=CC(/C=C/C(=O)O)C(CC(=O)OC)C(=O)OC. The summed E-state index contributed by atoms with van der Waals surface area (Å²) in [6.45, 7) is 3.51. The first-order valence-electron chi connectivity index (χ1n) is 5.14. The van der Waals surface area contributed by atoms with Crippen molar-refractivity contribution in [1.82, 2.24) is 0 Å². The Kier molecular flexibility index (Phi) is 7.11. The summed E-state index contributed by atoms with van der Waals surface area (Å²) in [4.78, 5) is 33.2. The predicted octanol–water partition coefficient (Wildman–Crippen LogP) is 0.782. The van der Waals surface area contributed by atoms with E-state index in [4.69, 9.17) is 5.11 Å². The summed E-state index contributed by atoms with van der Waals surface area (Å²) >= 11 is 0. The monoisotopic (exact) mass is 256 g/mol. The van der Waals surface area contributed by atoms with Crippen molar-refractivity contribution in [3.05, 3.63) is 24.8 Å². The summed E-state index contributed by atoms with van der Waals surface area (Å²) in [7, 11) is 2.39. The summed E-state index contributed by atoms with van der Waals surface area (Å²) in [6, 6.07) is 0. The Labute approximate surface area is 105 Å². The molecule has 0 radical (unpaired) electrons. The second-order valence-corrected chi connectivity index (χ2v) is 3.42. The fourth-order valence-electron chi connectivity index (χ4n) is 1.36. The van der Waals surface area contributed by atoms with Crippen molar-refractivity contribution < 1.29 is 29.0 Å². The van der Waals surface area contributed by atoms with Gasteiger partial charge >= 0.3 is 17.9 Å². The van der Waals surface area contributed by atoms with Crippen LogP contribution in [0, 0.1) is 11.8 Å². The number of carbonyl (C=O) groups excluding carboxylic acids is 2. The molecule has 0 amide bonds. The third-order valence-corrected chi connectivity index (χ3v) is 2.32. The van der Waals surface area contributed by atoms with Crippen molar-refractivity contribution in [2.75, 3.05) is 14.2 Å². The minimum Gasteiger partial charge on any atom is -0.478 e. The van der Waals surface area contributed by atoms with Gasteiger partial charge in [0.1, 0.15) is 0 Å². The van der Waals surface area contributed by atoms with Gasteiger partial charge in [0.25, 0.3) is 0 Å². The Hall–Kier alpha value is -2.11. The quantitative estimate of drug-likeness (QED) is 0.411. The van der Waals surface area contributed by atoms with Crippen LogP contribution in [-0.4, -0.2) is 37.2 Å². The molecule has 0 aromatic heterocycles. The van der Waals surface area contributed by atoms with Crippen LogP contribution in [0.25, 0.3) is 0 Å². The average Bonchev–Trinajstić information content (AvgIpc) is 2.36. The lowest BCUT2D eigenvalue weighted by Crippen LogP contribution is -2.26. The standard InChI is InChI=1S/C12H16O6/c1-4-8(5-6-10(13)14)9(12(16)18-3)7-11(15)17-2/h4-6,8-9H,1,7H2,2-3H3,(H,13,14)/b6-5+. The van der Waals surface area contributed by atoms with Crippen LogP contribution in [0.1, 0.15) is 6.42 Å². The molecule has 0 aliphatic rings. The van der Waals surface area contributed by atoms with E-state index in [1.807, 2.05) is 0 Å². The molecule has 18 heavy (non-hydrogen) atoms. The van der Waals surface area contributed by atoms with Gasteiger partial charge in [-0.2, -0.15) is 0 Å². The number of carboxylic acids is 1. The minimum atomic E-state index is -1.15. The number of aliphatic carboxylic acids is 1. The summed E-state index contributed by atoms with van der Waals surface area (Å²) in [6.07, 6.45) is 3.34. The van der Waals surface area contributed by atoms with Gasteiger partial charge in [0, 0.05) is 12.0 Å². The Morgan fingerprint density at radius 1 is 1.28 bits per heavy atom. The Morgan fingerprint density at radius 2 is 1.89 bits per heavy atom. The van der Waals surface area contributed by atoms with E-state index < -0.39 is 29.7 Å². The van der Waals surface area contributed by atoms with Crippen LogP contribution in [0.4, 0.5) is 0 Å². The molecule has 0 saturated carbocycles. The Bertz CT molecular complexity index is 358. The van der Waals surface area contributed by atoms with Gasteiger partial charge in [-0.15, -0.1) is 6.58 Å². The van der Waals surface area contributed by atoms with E-state index in [2.05, 4.69) is 16.1 Å². The predicted molar refractivity (Wildman–Crippen MR) is 62.6 cm³/mol. The lowest BCUT2D eigenvalue weighted by atomic mass is 9.89. The number of hydrogen-bond donors (Lipinski definition) is 1. The summed E-state index contributed by atoms with van der Waals surface area (Å²) in [5.74, 6) is -3.83. The number of allylic oxidation sites excluding steroid dienone is 2. The number of methoxy groups -OCH3 is 2. The first-order valence-corrected chi connectivity index (χ1v) is 5.14. The van der Waals surface area contributed by atoms with Crippen molar-refractivity contribution in [2.45, 2.75) is 6.42 Å². The molecule has 100 valence electrons. The molecule has 6 heteroatoms. The van der Waals surface area contributed by atoms with Crippen LogP contribution in [0.15, 0.2) is 24.8 Å². The van der Waals surface area contributed by atoms with E-state index in [0.717, 1.165) is 6.08 Å². The second-order valence-electron chi connectivity index (χ2n) is 3.42. The van der Waals surface area contributed by atoms with Crippen LogP contribution >= 0.6 is 0 Å². The molecule has 0 saturated heterocycles. The average molecular weight is 256 g/mol. The molecule has 0 spiro atoms. The highest BCUT2D eigenvalue weighted by molar-refractivity contribution is 5.82. The van der Waals surface area contributed by atoms with Gasteiger partial charge < -0.3 is 14.6 Å². The normalized spacial score (nSPS) is 13.7. The van der Waals surface area contributed by atoms with E-state index in [-0.39, 0.29) is 6.42 Å². The third-order valence-electron chi connectivity index (χ3n) is 2.32. The van der Waals surface area contributed by atoms with Gasteiger partial charge in [-0.3, -0.25) is 9.59 Å². The number of hydrogen-bond acceptors (Lipinski definition) is 5. The van der Waals surface area contributed by atoms with E-state index in [9.17, 15) is 14.4 Å². The Morgan fingerprint density at radius 3 is 2.28 bits per heavy atom. The molecule has 1 N–H and O–H groups in total. The highest BCUT2D eigenvalue weighted by Gasteiger charge is 2.28. The fraction of sp³-hybridized carbons (Fsp3) is 0.417. The van der Waals surface area contributed by atoms with Crippen LogP contribution in [0.3, 0.4) is 0 Å². The molecule has 0 aliphatic carbocycles.